The fraction of sp³-hybridized carbons (Fsp3) is 0.478. The number of H-pyrrole nitrogens is 1. The SMILES string of the molecule is CCOc1cc(CC(CS(C)(=O)=O)n2c(=O)[nH]c3cc(CC(C)C)cnc32)ccc1OC. The Labute approximate surface area is 188 Å². The van der Waals surface area contributed by atoms with E-state index in [4.69, 9.17) is 9.47 Å². The van der Waals surface area contributed by atoms with E-state index in [1.165, 1.54) is 10.8 Å². The van der Waals surface area contributed by atoms with Crippen molar-refractivity contribution in [3.8, 4) is 11.5 Å². The first kappa shape index (κ1) is 23.8. The molecule has 3 rings (SSSR count). The van der Waals surface area contributed by atoms with Crippen LogP contribution in [0.15, 0.2) is 35.3 Å². The highest BCUT2D eigenvalue weighted by Gasteiger charge is 2.24. The van der Waals surface area contributed by atoms with Crippen LogP contribution in [0.3, 0.4) is 0 Å². The van der Waals surface area contributed by atoms with E-state index in [9.17, 15) is 13.2 Å². The minimum atomic E-state index is -3.37. The molecule has 1 N–H and O–H groups in total. The Morgan fingerprint density at radius 2 is 1.88 bits per heavy atom. The summed E-state index contributed by atoms with van der Waals surface area (Å²) < 4.78 is 36.9. The van der Waals surface area contributed by atoms with Crippen molar-refractivity contribution < 1.29 is 17.9 Å². The van der Waals surface area contributed by atoms with E-state index >= 15 is 0 Å². The van der Waals surface area contributed by atoms with Crippen LogP contribution in [0.4, 0.5) is 0 Å². The van der Waals surface area contributed by atoms with Gasteiger partial charge in [0.25, 0.3) is 0 Å². The summed E-state index contributed by atoms with van der Waals surface area (Å²) in [7, 11) is -1.81. The zero-order valence-corrected chi connectivity index (χ0v) is 20.0. The number of hydrogen-bond acceptors (Lipinski definition) is 6. The molecule has 0 amide bonds. The summed E-state index contributed by atoms with van der Waals surface area (Å²) in [4.78, 5) is 20.2. The van der Waals surface area contributed by atoms with Crippen molar-refractivity contribution in [1.82, 2.24) is 14.5 Å². The summed E-state index contributed by atoms with van der Waals surface area (Å²) in [5, 5.41) is 0. The summed E-state index contributed by atoms with van der Waals surface area (Å²) in [6.07, 6.45) is 4.09. The first-order valence-electron chi connectivity index (χ1n) is 10.7. The Kier molecular flexibility index (Phi) is 7.28. The number of fused-ring (bicyclic) bond motifs is 1. The number of ether oxygens (including phenoxy) is 2. The molecule has 9 heteroatoms. The molecular weight excluding hydrogens is 430 g/mol. The predicted octanol–water partition coefficient (Wildman–Crippen LogP) is 3.16. The molecule has 1 unspecified atom stereocenters. The van der Waals surface area contributed by atoms with Crippen molar-refractivity contribution >= 4 is 21.0 Å². The zero-order chi connectivity index (χ0) is 23.5. The van der Waals surface area contributed by atoms with Crippen molar-refractivity contribution in [3.05, 3.63) is 52.1 Å². The summed E-state index contributed by atoms with van der Waals surface area (Å²) in [5.41, 5.74) is 2.55. The van der Waals surface area contributed by atoms with Crippen LogP contribution in [0.1, 0.15) is 37.9 Å². The molecule has 174 valence electrons. The van der Waals surface area contributed by atoms with E-state index in [1.54, 1.807) is 19.4 Å². The van der Waals surface area contributed by atoms with Gasteiger partial charge in [-0.15, -0.1) is 0 Å². The van der Waals surface area contributed by atoms with Gasteiger partial charge in [-0.2, -0.15) is 0 Å². The summed E-state index contributed by atoms with van der Waals surface area (Å²) in [6, 6.07) is 6.75. The monoisotopic (exact) mass is 461 g/mol. The van der Waals surface area contributed by atoms with Gasteiger partial charge < -0.3 is 14.5 Å². The normalized spacial score (nSPS) is 12.9. The first-order valence-corrected chi connectivity index (χ1v) is 12.7. The first-order chi connectivity index (χ1) is 15.1. The molecule has 1 aromatic carbocycles. The smallest absolute Gasteiger partial charge is 0.327 e. The molecule has 3 aromatic rings. The van der Waals surface area contributed by atoms with Gasteiger partial charge in [0.1, 0.15) is 9.84 Å². The lowest BCUT2D eigenvalue weighted by Gasteiger charge is -2.19. The van der Waals surface area contributed by atoms with Gasteiger partial charge in [-0.3, -0.25) is 4.57 Å². The summed E-state index contributed by atoms with van der Waals surface area (Å²) >= 11 is 0. The molecule has 0 saturated carbocycles. The summed E-state index contributed by atoms with van der Waals surface area (Å²) in [6.45, 7) is 6.58. The zero-order valence-electron chi connectivity index (χ0n) is 19.2. The highest BCUT2D eigenvalue weighted by molar-refractivity contribution is 7.90. The molecule has 0 spiro atoms. The van der Waals surface area contributed by atoms with E-state index in [0.717, 1.165) is 17.5 Å². The van der Waals surface area contributed by atoms with Gasteiger partial charge in [-0.1, -0.05) is 19.9 Å². The third kappa shape index (κ3) is 5.70. The van der Waals surface area contributed by atoms with E-state index in [0.29, 0.717) is 41.6 Å². The van der Waals surface area contributed by atoms with Crippen molar-refractivity contribution in [3.63, 3.8) is 0 Å². The number of rotatable bonds is 10. The summed E-state index contributed by atoms with van der Waals surface area (Å²) in [5.74, 6) is 1.44. The van der Waals surface area contributed by atoms with Gasteiger partial charge in [0.15, 0.2) is 17.1 Å². The van der Waals surface area contributed by atoms with Crippen LogP contribution in [-0.2, 0) is 22.7 Å². The highest BCUT2D eigenvalue weighted by Crippen LogP contribution is 2.30. The quantitative estimate of drug-likeness (QED) is 0.497. The topological polar surface area (TPSA) is 103 Å². The molecule has 0 saturated heterocycles. The van der Waals surface area contributed by atoms with Crippen molar-refractivity contribution in [2.45, 2.75) is 39.7 Å². The number of imidazole rings is 1. The Hall–Kier alpha value is -2.81. The highest BCUT2D eigenvalue weighted by atomic mass is 32.2. The second-order valence-electron chi connectivity index (χ2n) is 8.48. The maximum absolute atomic E-state index is 12.9. The lowest BCUT2D eigenvalue weighted by Crippen LogP contribution is -2.29. The molecule has 0 radical (unpaired) electrons. The molecular formula is C23H31N3O5S. The number of aromatic amines is 1. The molecule has 0 aliphatic carbocycles. The van der Waals surface area contributed by atoms with Gasteiger partial charge >= 0.3 is 5.69 Å². The van der Waals surface area contributed by atoms with Crippen LogP contribution in [-0.4, -0.2) is 48.7 Å². The number of pyridine rings is 1. The third-order valence-corrected chi connectivity index (χ3v) is 6.11. The lowest BCUT2D eigenvalue weighted by atomic mass is 10.0. The number of hydrogen-bond donors (Lipinski definition) is 1. The molecule has 0 aliphatic heterocycles. The average molecular weight is 462 g/mol. The van der Waals surface area contributed by atoms with E-state index in [-0.39, 0.29) is 11.4 Å². The van der Waals surface area contributed by atoms with Crippen LogP contribution in [0, 0.1) is 5.92 Å². The Morgan fingerprint density at radius 3 is 2.50 bits per heavy atom. The average Bonchev–Trinajstić information content (AvgIpc) is 3.01. The molecule has 2 heterocycles. The van der Waals surface area contributed by atoms with Crippen LogP contribution in [0.5, 0.6) is 11.5 Å². The number of nitrogens with one attached hydrogen (secondary N) is 1. The van der Waals surface area contributed by atoms with Crippen LogP contribution < -0.4 is 15.2 Å². The Bertz CT molecular complexity index is 1240. The predicted molar refractivity (Wildman–Crippen MR) is 126 cm³/mol. The maximum atomic E-state index is 12.9. The minimum absolute atomic E-state index is 0.189. The molecule has 0 aliphatic rings. The number of methoxy groups -OCH3 is 1. The second kappa shape index (κ2) is 9.77. The number of aromatic nitrogens is 3. The van der Waals surface area contributed by atoms with Gasteiger partial charge in [-0.25, -0.2) is 18.2 Å². The largest absolute Gasteiger partial charge is 0.493 e. The fourth-order valence-electron chi connectivity index (χ4n) is 3.94. The van der Waals surface area contributed by atoms with Crippen molar-refractivity contribution in [2.75, 3.05) is 25.7 Å². The fourth-order valence-corrected chi connectivity index (χ4v) is 4.91. The van der Waals surface area contributed by atoms with Gasteiger partial charge in [0.2, 0.25) is 0 Å². The molecule has 8 nitrogen and oxygen atoms in total. The third-order valence-electron chi connectivity index (χ3n) is 5.12. The van der Waals surface area contributed by atoms with Crippen molar-refractivity contribution in [2.24, 2.45) is 5.92 Å². The molecule has 0 bridgehead atoms. The van der Waals surface area contributed by atoms with Crippen LogP contribution in [0.2, 0.25) is 0 Å². The Morgan fingerprint density at radius 1 is 1.12 bits per heavy atom. The van der Waals surface area contributed by atoms with Gasteiger partial charge in [0, 0.05) is 12.5 Å². The van der Waals surface area contributed by atoms with Crippen LogP contribution >= 0.6 is 0 Å². The number of nitrogens with zero attached hydrogens (tertiary/aromatic N) is 2. The lowest BCUT2D eigenvalue weighted by molar-refractivity contribution is 0.310. The molecule has 0 fully saturated rings. The second-order valence-corrected chi connectivity index (χ2v) is 10.7. The maximum Gasteiger partial charge on any atom is 0.327 e. The van der Waals surface area contributed by atoms with Crippen LogP contribution in [0.25, 0.3) is 11.2 Å². The molecule has 32 heavy (non-hydrogen) atoms. The van der Waals surface area contributed by atoms with E-state index in [2.05, 4.69) is 23.8 Å². The van der Waals surface area contributed by atoms with Crippen molar-refractivity contribution in [1.29, 1.82) is 0 Å². The standard InChI is InChI=1S/C23H31N3O5S/c1-6-31-21-12-16(7-8-20(21)30-4)10-18(14-32(5,28)29)26-22-19(25-23(26)27)11-17(13-24-22)9-15(2)3/h7-8,11-13,15,18H,6,9-10,14H2,1-5H3,(H,25,27). The van der Waals surface area contributed by atoms with Gasteiger partial charge in [0.05, 0.1) is 31.0 Å². The van der Waals surface area contributed by atoms with E-state index in [1.807, 2.05) is 25.1 Å². The number of benzene rings is 1. The van der Waals surface area contributed by atoms with Gasteiger partial charge in [-0.05, 0) is 55.0 Å². The van der Waals surface area contributed by atoms with E-state index < -0.39 is 15.9 Å². The minimum Gasteiger partial charge on any atom is -0.493 e. The Balaban J connectivity index is 2.05. The molecule has 2 aromatic heterocycles. The molecule has 1 atom stereocenters. The number of sulfone groups is 1.